The first-order valence-corrected chi connectivity index (χ1v) is 8.81. The van der Waals surface area contributed by atoms with Crippen LogP contribution in [0.5, 0.6) is 0 Å². The highest BCUT2D eigenvalue weighted by molar-refractivity contribution is 5.99. The van der Waals surface area contributed by atoms with Gasteiger partial charge in [-0.3, -0.25) is 9.59 Å². The molecule has 2 fully saturated rings. The predicted molar refractivity (Wildman–Crippen MR) is 96.0 cm³/mol. The van der Waals surface area contributed by atoms with Crippen LogP contribution in [-0.4, -0.2) is 30.4 Å². The highest BCUT2D eigenvalue weighted by atomic mass is 16.2. The molecule has 5 nitrogen and oxygen atoms in total. The number of hydrogen-bond donors (Lipinski definition) is 2. The summed E-state index contributed by atoms with van der Waals surface area (Å²) in [5.74, 6) is -0.469. The van der Waals surface area contributed by atoms with Gasteiger partial charge in [0.1, 0.15) is 0 Å². The average Bonchev–Trinajstić information content (AvgIpc) is 3.13. The Bertz CT molecular complexity index is 612. The molecular weight excluding hydrogens is 302 g/mol. The Balaban J connectivity index is 1.51. The number of nitrogens with zero attached hydrogens (tertiary/aromatic N) is 1. The van der Waals surface area contributed by atoms with E-state index in [0.29, 0.717) is 6.42 Å². The summed E-state index contributed by atoms with van der Waals surface area (Å²) in [5.41, 5.74) is 1.75. The molecule has 2 unspecified atom stereocenters. The largest absolute Gasteiger partial charge is 0.372 e. The Labute approximate surface area is 143 Å². The molecule has 5 heteroatoms. The second-order valence-corrected chi connectivity index (χ2v) is 7.92. The lowest BCUT2D eigenvalue weighted by Gasteiger charge is -2.20. The van der Waals surface area contributed by atoms with Crippen molar-refractivity contribution < 1.29 is 9.59 Å². The zero-order chi connectivity index (χ0) is 17.3. The highest BCUT2D eigenvalue weighted by Crippen LogP contribution is 2.40. The van der Waals surface area contributed by atoms with Gasteiger partial charge in [-0.25, -0.2) is 0 Å². The van der Waals surface area contributed by atoms with Crippen molar-refractivity contribution >= 4 is 23.2 Å². The van der Waals surface area contributed by atoms with Gasteiger partial charge in [-0.15, -0.1) is 0 Å². The molecular formula is C19H27N3O2. The van der Waals surface area contributed by atoms with Crippen molar-refractivity contribution in [3.8, 4) is 0 Å². The molecule has 1 aromatic carbocycles. The van der Waals surface area contributed by atoms with Gasteiger partial charge in [0.25, 0.3) is 0 Å². The summed E-state index contributed by atoms with van der Waals surface area (Å²) in [7, 11) is 0. The minimum atomic E-state index is -0.258. The van der Waals surface area contributed by atoms with E-state index in [1.807, 2.05) is 32.9 Å². The first kappa shape index (κ1) is 16.8. The molecule has 1 saturated carbocycles. The molecule has 2 N–H and O–H groups in total. The summed E-state index contributed by atoms with van der Waals surface area (Å²) in [6.07, 6.45) is 3.13. The fraction of sp³-hybridized carbons (Fsp3) is 0.579. The van der Waals surface area contributed by atoms with E-state index in [1.54, 1.807) is 0 Å². The molecule has 130 valence electrons. The summed E-state index contributed by atoms with van der Waals surface area (Å²) in [6, 6.07) is 7.99. The van der Waals surface area contributed by atoms with Gasteiger partial charge < -0.3 is 15.5 Å². The number of nitrogens with one attached hydrogen (secondary N) is 2. The monoisotopic (exact) mass is 329 g/mol. The van der Waals surface area contributed by atoms with Crippen LogP contribution in [0.3, 0.4) is 0 Å². The van der Waals surface area contributed by atoms with E-state index >= 15 is 0 Å². The second-order valence-electron chi connectivity index (χ2n) is 7.92. The quantitative estimate of drug-likeness (QED) is 0.893. The number of rotatable bonds is 4. The number of carbonyl (C=O) groups is 2. The lowest BCUT2D eigenvalue weighted by Crippen LogP contribution is -2.42. The minimum absolute atomic E-state index is 0.0213. The number of hydrogen-bond acceptors (Lipinski definition) is 3. The van der Waals surface area contributed by atoms with E-state index in [9.17, 15) is 9.59 Å². The maximum Gasteiger partial charge on any atom is 0.228 e. The van der Waals surface area contributed by atoms with Gasteiger partial charge >= 0.3 is 0 Å². The topological polar surface area (TPSA) is 61.4 Å². The highest BCUT2D eigenvalue weighted by Gasteiger charge is 2.48. The van der Waals surface area contributed by atoms with Gasteiger partial charge in [-0.2, -0.15) is 0 Å². The summed E-state index contributed by atoms with van der Waals surface area (Å²) in [4.78, 5) is 26.7. The third-order valence-corrected chi connectivity index (χ3v) is 4.57. The molecule has 0 spiro atoms. The fourth-order valence-electron chi connectivity index (χ4n) is 3.20. The SMILES string of the molecule is CC(C)(C)NC(=O)C1CC1C(=O)Nc1ccc(N2CCCC2)cc1. The molecule has 3 rings (SSSR count). The third kappa shape index (κ3) is 4.08. The van der Waals surface area contributed by atoms with E-state index in [-0.39, 0.29) is 29.2 Å². The molecule has 2 atom stereocenters. The van der Waals surface area contributed by atoms with Crippen molar-refractivity contribution in [3.63, 3.8) is 0 Å². The second kappa shape index (κ2) is 6.46. The van der Waals surface area contributed by atoms with Crippen molar-refractivity contribution in [2.24, 2.45) is 11.8 Å². The molecule has 1 aliphatic heterocycles. The molecule has 2 aliphatic rings. The zero-order valence-corrected chi connectivity index (χ0v) is 14.8. The maximum atomic E-state index is 12.3. The van der Waals surface area contributed by atoms with E-state index in [4.69, 9.17) is 0 Å². The molecule has 0 radical (unpaired) electrons. The molecule has 0 aromatic heterocycles. The van der Waals surface area contributed by atoms with Gasteiger partial charge in [0.05, 0.1) is 11.8 Å². The summed E-state index contributed by atoms with van der Waals surface area (Å²) in [6.45, 7) is 8.07. The maximum absolute atomic E-state index is 12.3. The van der Waals surface area contributed by atoms with Gasteiger partial charge in [0.2, 0.25) is 11.8 Å². The zero-order valence-electron chi connectivity index (χ0n) is 14.8. The van der Waals surface area contributed by atoms with Crippen LogP contribution in [0.25, 0.3) is 0 Å². The van der Waals surface area contributed by atoms with Crippen LogP contribution in [0.2, 0.25) is 0 Å². The molecule has 24 heavy (non-hydrogen) atoms. The lowest BCUT2D eigenvalue weighted by molar-refractivity contribution is -0.126. The Morgan fingerprint density at radius 3 is 2.17 bits per heavy atom. The minimum Gasteiger partial charge on any atom is -0.372 e. The molecule has 1 saturated heterocycles. The summed E-state index contributed by atoms with van der Waals surface area (Å²) >= 11 is 0. The standard InChI is InChI=1S/C19H27N3O2/c1-19(2,3)21-18(24)16-12-15(16)17(23)20-13-6-8-14(9-7-13)22-10-4-5-11-22/h6-9,15-16H,4-5,10-12H2,1-3H3,(H,20,23)(H,21,24). The number of anilines is 2. The number of benzene rings is 1. The molecule has 1 aliphatic carbocycles. The molecule has 1 heterocycles. The van der Waals surface area contributed by atoms with Crippen molar-refractivity contribution in [3.05, 3.63) is 24.3 Å². The molecule has 1 aromatic rings. The van der Waals surface area contributed by atoms with Crippen molar-refractivity contribution in [2.45, 2.75) is 45.6 Å². The first-order valence-electron chi connectivity index (χ1n) is 8.81. The van der Waals surface area contributed by atoms with E-state index < -0.39 is 0 Å². The Kier molecular flexibility index (Phi) is 4.52. The van der Waals surface area contributed by atoms with E-state index in [1.165, 1.54) is 18.5 Å². The first-order chi connectivity index (χ1) is 11.3. The third-order valence-electron chi connectivity index (χ3n) is 4.57. The van der Waals surface area contributed by atoms with Crippen LogP contribution in [0.15, 0.2) is 24.3 Å². The van der Waals surface area contributed by atoms with Gasteiger partial charge in [0, 0.05) is 30.0 Å². The Hall–Kier alpha value is -2.04. The average molecular weight is 329 g/mol. The molecule has 2 amide bonds. The van der Waals surface area contributed by atoms with Crippen molar-refractivity contribution in [1.29, 1.82) is 0 Å². The smallest absolute Gasteiger partial charge is 0.228 e. The van der Waals surface area contributed by atoms with Gasteiger partial charge in [-0.05, 0) is 64.3 Å². The molecule has 0 bridgehead atoms. The summed E-state index contributed by atoms with van der Waals surface area (Å²) < 4.78 is 0. The van der Waals surface area contributed by atoms with Gasteiger partial charge in [0.15, 0.2) is 0 Å². The predicted octanol–water partition coefficient (Wildman–Crippen LogP) is 2.78. The Morgan fingerprint density at radius 2 is 1.58 bits per heavy atom. The Morgan fingerprint density at radius 1 is 1.00 bits per heavy atom. The van der Waals surface area contributed by atoms with Crippen LogP contribution in [-0.2, 0) is 9.59 Å². The van der Waals surface area contributed by atoms with E-state index in [0.717, 1.165) is 18.8 Å². The van der Waals surface area contributed by atoms with Crippen LogP contribution < -0.4 is 15.5 Å². The van der Waals surface area contributed by atoms with Crippen LogP contribution >= 0.6 is 0 Å². The van der Waals surface area contributed by atoms with Crippen LogP contribution in [0, 0.1) is 11.8 Å². The van der Waals surface area contributed by atoms with Crippen molar-refractivity contribution in [1.82, 2.24) is 5.32 Å². The number of carbonyl (C=O) groups excluding carboxylic acids is 2. The lowest BCUT2D eigenvalue weighted by atomic mass is 10.1. The van der Waals surface area contributed by atoms with Crippen molar-refractivity contribution in [2.75, 3.05) is 23.3 Å². The normalized spacial score (nSPS) is 23.0. The number of amides is 2. The summed E-state index contributed by atoms with van der Waals surface area (Å²) in [5, 5.41) is 5.88. The van der Waals surface area contributed by atoms with Gasteiger partial charge in [-0.1, -0.05) is 0 Å². The van der Waals surface area contributed by atoms with E-state index in [2.05, 4.69) is 27.7 Å². The fourth-order valence-corrected chi connectivity index (χ4v) is 3.20. The van der Waals surface area contributed by atoms with Crippen LogP contribution in [0.1, 0.15) is 40.0 Å². The van der Waals surface area contributed by atoms with Crippen LogP contribution in [0.4, 0.5) is 11.4 Å².